The molecule has 0 spiro atoms. The van der Waals surface area contributed by atoms with Crippen LogP contribution in [-0.4, -0.2) is 32.5 Å². The van der Waals surface area contributed by atoms with E-state index in [2.05, 4.69) is 15.1 Å². The molecule has 174 valence electrons. The normalized spacial score (nSPS) is 11.5. The fraction of sp³-hybridized carbons (Fsp3) is 0.0741. The molecule has 1 amide bonds. The minimum absolute atomic E-state index is 0.101. The third kappa shape index (κ3) is 5.01. The number of thioether (sulfide) groups is 1. The molecule has 5 aromatic rings. The van der Waals surface area contributed by atoms with E-state index in [0.717, 1.165) is 32.5 Å². The van der Waals surface area contributed by atoms with Gasteiger partial charge in [-0.05, 0) is 40.6 Å². The fourth-order valence-electron chi connectivity index (χ4n) is 3.86. The average molecular weight is 501 g/mol. The summed E-state index contributed by atoms with van der Waals surface area (Å²) in [5.41, 5.74) is 5.90. The van der Waals surface area contributed by atoms with Crippen molar-refractivity contribution >= 4 is 57.3 Å². The smallest absolute Gasteiger partial charge is 0.250 e. The number of amides is 1. The van der Waals surface area contributed by atoms with Crippen molar-refractivity contribution in [2.45, 2.75) is 11.7 Å². The zero-order valence-corrected chi connectivity index (χ0v) is 20.1. The Hall–Kier alpha value is -3.81. The molecule has 0 radical (unpaired) electrons. The van der Waals surface area contributed by atoms with Crippen molar-refractivity contribution in [3.63, 3.8) is 0 Å². The third-order valence-corrected chi connectivity index (χ3v) is 6.91. The molecule has 1 heterocycles. The van der Waals surface area contributed by atoms with Gasteiger partial charge in [0.1, 0.15) is 5.75 Å². The molecule has 0 unspecified atom stereocenters. The van der Waals surface area contributed by atoms with Crippen molar-refractivity contribution in [2.75, 3.05) is 5.75 Å². The van der Waals surface area contributed by atoms with Gasteiger partial charge in [0.15, 0.2) is 5.16 Å². The highest BCUT2D eigenvalue weighted by atomic mass is 35.5. The van der Waals surface area contributed by atoms with E-state index in [1.54, 1.807) is 6.07 Å². The summed E-state index contributed by atoms with van der Waals surface area (Å²) in [4.78, 5) is 17.2. The van der Waals surface area contributed by atoms with E-state index in [9.17, 15) is 9.90 Å². The maximum absolute atomic E-state index is 12.5. The van der Waals surface area contributed by atoms with Gasteiger partial charge in [-0.1, -0.05) is 84.0 Å². The molecule has 0 aliphatic carbocycles. The van der Waals surface area contributed by atoms with Crippen molar-refractivity contribution in [2.24, 2.45) is 5.10 Å². The minimum Gasteiger partial charge on any atom is -0.507 e. The first-order valence-electron chi connectivity index (χ1n) is 10.9. The summed E-state index contributed by atoms with van der Waals surface area (Å²) in [6.45, 7) is 0.544. The van der Waals surface area contributed by atoms with E-state index in [1.165, 1.54) is 18.0 Å². The molecule has 0 atom stereocenters. The summed E-state index contributed by atoms with van der Waals surface area (Å²) in [5, 5.41) is 17.5. The van der Waals surface area contributed by atoms with Crippen molar-refractivity contribution < 1.29 is 9.90 Å². The second-order valence-electron chi connectivity index (χ2n) is 7.86. The van der Waals surface area contributed by atoms with Crippen LogP contribution in [0.5, 0.6) is 5.75 Å². The van der Waals surface area contributed by atoms with Crippen LogP contribution in [0.15, 0.2) is 95.2 Å². The van der Waals surface area contributed by atoms with Crippen LogP contribution in [0.4, 0.5) is 0 Å². The number of fused-ring (bicyclic) bond motifs is 2. The Morgan fingerprint density at radius 2 is 1.80 bits per heavy atom. The maximum Gasteiger partial charge on any atom is 0.250 e. The number of nitrogens with one attached hydrogen (secondary N) is 1. The van der Waals surface area contributed by atoms with Gasteiger partial charge >= 0.3 is 0 Å². The van der Waals surface area contributed by atoms with Crippen LogP contribution in [0.3, 0.4) is 0 Å². The highest BCUT2D eigenvalue weighted by Crippen LogP contribution is 2.27. The Morgan fingerprint density at radius 3 is 2.69 bits per heavy atom. The number of halogens is 1. The first-order valence-corrected chi connectivity index (χ1v) is 12.3. The Morgan fingerprint density at radius 1 is 1.03 bits per heavy atom. The van der Waals surface area contributed by atoms with Gasteiger partial charge < -0.3 is 9.67 Å². The number of hydrazone groups is 1. The number of phenols is 1. The summed E-state index contributed by atoms with van der Waals surface area (Å²) < 4.78 is 2.06. The largest absolute Gasteiger partial charge is 0.507 e. The molecular formula is C27H21ClN4O2S. The van der Waals surface area contributed by atoms with Crippen molar-refractivity contribution in [3.05, 3.63) is 101 Å². The molecule has 35 heavy (non-hydrogen) atoms. The highest BCUT2D eigenvalue weighted by Gasteiger charge is 2.14. The topological polar surface area (TPSA) is 79.5 Å². The zero-order chi connectivity index (χ0) is 24.2. The number of phenolic OH excluding ortho intramolecular Hbond substituents is 1. The standard InChI is InChI=1S/C27H21ClN4O2S/c28-22-10-4-2-8-19(22)16-32-24-12-6-5-11-23(24)30-27(32)35-17-26(34)31-29-15-21-20-9-3-1-7-18(20)13-14-25(21)33/h1-15,33H,16-17H2,(H,31,34)/b29-15-. The Labute approximate surface area is 211 Å². The minimum atomic E-state index is -0.276. The first kappa shape index (κ1) is 23.0. The van der Waals surface area contributed by atoms with Gasteiger partial charge in [-0.25, -0.2) is 10.4 Å². The summed E-state index contributed by atoms with van der Waals surface area (Å²) in [7, 11) is 0. The number of hydrogen-bond donors (Lipinski definition) is 2. The van der Waals surface area contributed by atoms with Crippen LogP contribution in [-0.2, 0) is 11.3 Å². The lowest BCUT2D eigenvalue weighted by molar-refractivity contribution is -0.118. The molecule has 0 aliphatic rings. The van der Waals surface area contributed by atoms with E-state index < -0.39 is 0 Å². The molecule has 0 saturated carbocycles. The number of rotatable bonds is 7. The first-order chi connectivity index (χ1) is 17.1. The number of nitrogens with zero attached hydrogens (tertiary/aromatic N) is 3. The summed E-state index contributed by atoms with van der Waals surface area (Å²) in [6.07, 6.45) is 1.47. The van der Waals surface area contributed by atoms with E-state index in [4.69, 9.17) is 16.6 Å². The molecule has 0 saturated heterocycles. The van der Waals surface area contributed by atoms with Gasteiger partial charge in [0.25, 0.3) is 5.91 Å². The van der Waals surface area contributed by atoms with E-state index in [1.807, 2.05) is 78.9 Å². The van der Waals surface area contributed by atoms with Gasteiger partial charge in [0, 0.05) is 10.6 Å². The highest BCUT2D eigenvalue weighted by molar-refractivity contribution is 7.99. The molecule has 0 fully saturated rings. The number of hydrogen-bond acceptors (Lipinski definition) is 5. The zero-order valence-electron chi connectivity index (χ0n) is 18.6. The van der Waals surface area contributed by atoms with Gasteiger partial charge in [-0.3, -0.25) is 4.79 Å². The van der Waals surface area contributed by atoms with Crippen LogP contribution < -0.4 is 5.43 Å². The van der Waals surface area contributed by atoms with Gasteiger partial charge in [0.05, 0.1) is 29.5 Å². The number of benzene rings is 4. The monoisotopic (exact) mass is 500 g/mol. The molecule has 4 aromatic carbocycles. The predicted octanol–water partition coefficient (Wildman–Crippen LogP) is 5.84. The molecule has 8 heteroatoms. The predicted molar refractivity (Wildman–Crippen MR) is 142 cm³/mol. The van der Waals surface area contributed by atoms with E-state index in [0.29, 0.717) is 17.1 Å². The van der Waals surface area contributed by atoms with Crippen molar-refractivity contribution in [1.29, 1.82) is 0 Å². The number of aromatic nitrogens is 2. The summed E-state index contributed by atoms with van der Waals surface area (Å²) in [6, 6.07) is 26.7. The maximum atomic E-state index is 12.5. The van der Waals surface area contributed by atoms with Gasteiger partial charge in [-0.15, -0.1) is 0 Å². The Balaban J connectivity index is 1.31. The molecule has 0 aliphatic heterocycles. The van der Waals surface area contributed by atoms with Crippen LogP contribution in [0, 0.1) is 0 Å². The van der Waals surface area contributed by atoms with Gasteiger partial charge in [-0.2, -0.15) is 5.10 Å². The molecule has 1 aromatic heterocycles. The summed E-state index contributed by atoms with van der Waals surface area (Å²) >= 11 is 7.72. The Bertz CT molecular complexity index is 1560. The summed E-state index contributed by atoms with van der Waals surface area (Å²) in [5.74, 6) is -0.0447. The number of carbonyl (C=O) groups excluding carboxylic acids is 1. The van der Waals surface area contributed by atoms with E-state index >= 15 is 0 Å². The van der Waals surface area contributed by atoms with Crippen LogP contribution >= 0.6 is 23.4 Å². The van der Waals surface area contributed by atoms with E-state index in [-0.39, 0.29) is 17.4 Å². The molecule has 6 nitrogen and oxygen atoms in total. The van der Waals surface area contributed by atoms with Crippen LogP contribution in [0.1, 0.15) is 11.1 Å². The van der Waals surface area contributed by atoms with Gasteiger partial charge in [0.2, 0.25) is 0 Å². The lowest BCUT2D eigenvalue weighted by Gasteiger charge is -2.10. The fourth-order valence-corrected chi connectivity index (χ4v) is 4.87. The Kier molecular flexibility index (Phi) is 6.70. The quantitative estimate of drug-likeness (QED) is 0.167. The molecule has 2 N–H and O–H groups in total. The number of para-hydroxylation sites is 2. The number of aromatic hydroxyl groups is 1. The van der Waals surface area contributed by atoms with Crippen molar-refractivity contribution in [1.82, 2.24) is 15.0 Å². The van der Waals surface area contributed by atoms with Crippen molar-refractivity contribution in [3.8, 4) is 5.75 Å². The molecular weight excluding hydrogens is 480 g/mol. The average Bonchev–Trinajstić information content (AvgIpc) is 3.22. The SMILES string of the molecule is O=C(CSc1nc2ccccc2n1Cc1ccccc1Cl)N/N=C\c1c(O)ccc2ccccc12. The lowest BCUT2D eigenvalue weighted by atomic mass is 10.0. The second kappa shape index (κ2) is 10.2. The number of carbonyl (C=O) groups is 1. The molecule has 0 bridgehead atoms. The molecule has 5 rings (SSSR count). The lowest BCUT2D eigenvalue weighted by Crippen LogP contribution is -2.20. The number of imidazole rings is 1. The van der Waals surface area contributed by atoms with Crippen LogP contribution in [0.2, 0.25) is 5.02 Å². The second-order valence-corrected chi connectivity index (χ2v) is 9.21. The van der Waals surface area contributed by atoms with Crippen LogP contribution in [0.25, 0.3) is 21.8 Å². The third-order valence-electron chi connectivity index (χ3n) is 5.57.